The van der Waals surface area contributed by atoms with Gasteiger partial charge in [-0.05, 0) is 28.1 Å². The van der Waals surface area contributed by atoms with Crippen LogP contribution in [0, 0.1) is 5.41 Å². The molecule has 2 aromatic rings. The fraction of sp³-hybridized carbons (Fsp3) is 0.357. The van der Waals surface area contributed by atoms with Crippen LogP contribution in [0.4, 0.5) is 5.69 Å². The van der Waals surface area contributed by atoms with Crippen LogP contribution in [-0.4, -0.2) is 35.0 Å². The van der Waals surface area contributed by atoms with Crippen molar-refractivity contribution in [3.8, 4) is 0 Å². The average Bonchev–Trinajstić information content (AvgIpc) is 2.44. The lowest BCUT2D eigenvalue weighted by atomic mass is 9.93. The molecule has 1 aromatic heterocycles. The standard InChI is InChI=1S/C14H17BrN2O2/c1-14(8-18,9-19)7-17-12-4-2-3-10-5-11(15)6-16-13(10)12/h2-6,17-19H,7-9H2,1H3. The molecule has 0 aliphatic heterocycles. The maximum Gasteiger partial charge on any atom is 0.0934 e. The number of aliphatic hydroxyl groups is 2. The lowest BCUT2D eigenvalue weighted by Gasteiger charge is -2.25. The molecule has 19 heavy (non-hydrogen) atoms. The van der Waals surface area contributed by atoms with Gasteiger partial charge in [-0.15, -0.1) is 0 Å². The topological polar surface area (TPSA) is 65.4 Å². The van der Waals surface area contributed by atoms with Crippen LogP contribution in [-0.2, 0) is 0 Å². The Morgan fingerprint density at radius 3 is 2.74 bits per heavy atom. The first kappa shape index (κ1) is 14.2. The van der Waals surface area contributed by atoms with E-state index in [2.05, 4.69) is 26.2 Å². The van der Waals surface area contributed by atoms with Gasteiger partial charge in [0.05, 0.1) is 24.4 Å². The largest absolute Gasteiger partial charge is 0.396 e. The summed E-state index contributed by atoms with van der Waals surface area (Å²) in [6.45, 7) is 2.17. The maximum atomic E-state index is 9.29. The first-order valence-electron chi connectivity index (χ1n) is 6.08. The van der Waals surface area contributed by atoms with Gasteiger partial charge < -0.3 is 15.5 Å². The molecule has 0 unspecified atom stereocenters. The molecule has 0 aliphatic rings. The lowest BCUT2D eigenvalue weighted by molar-refractivity contribution is 0.0807. The van der Waals surface area contributed by atoms with E-state index >= 15 is 0 Å². The number of halogens is 1. The third-order valence-corrected chi connectivity index (χ3v) is 3.58. The minimum Gasteiger partial charge on any atom is -0.396 e. The van der Waals surface area contributed by atoms with E-state index in [0.29, 0.717) is 6.54 Å². The number of nitrogens with one attached hydrogen (secondary N) is 1. The third-order valence-electron chi connectivity index (χ3n) is 3.15. The van der Waals surface area contributed by atoms with Gasteiger partial charge in [0, 0.05) is 28.0 Å². The smallest absolute Gasteiger partial charge is 0.0934 e. The molecule has 2 rings (SSSR count). The Kier molecular flexibility index (Phi) is 4.39. The number of nitrogens with zero attached hydrogens (tertiary/aromatic N) is 1. The van der Waals surface area contributed by atoms with Crippen molar-refractivity contribution < 1.29 is 10.2 Å². The molecule has 0 aliphatic carbocycles. The van der Waals surface area contributed by atoms with E-state index < -0.39 is 5.41 Å². The normalized spacial score (nSPS) is 11.8. The zero-order valence-electron chi connectivity index (χ0n) is 10.7. The molecular weight excluding hydrogens is 308 g/mol. The van der Waals surface area contributed by atoms with Gasteiger partial charge in [-0.3, -0.25) is 4.98 Å². The van der Waals surface area contributed by atoms with Gasteiger partial charge in [0.25, 0.3) is 0 Å². The summed E-state index contributed by atoms with van der Waals surface area (Å²) in [5, 5.41) is 22.9. The van der Waals surface area contributed by atoms with Crippen molar-refractivity contribution in [2.45, 2.75) is 6.92 Å². The van der Waals surface area contributed by atoms with E-state index in [1.165, 1.54) is 0 Å². The number of anilines is 1. The first-order valence-corrected chi connectivity index (χ1v) is 6.87. The molecule has 1 aromatic carbocycles. The van der Waals surface area contributed by atoms with Gasteiger partial charge in [-0.2, -0.15) is 0 Å². The molecule has 0 spiro atoms. The van der Waals surface area contributed by atoms with Crippen molar-refractivity contribution in [1.82, 2.24) is 4.98 Å². The molecule has 0 bridgehead atoms. The highest BCUT2D eigenvalue weighted by Gasteiger charge is 2.22. The molecule has 0 saturated carbocycles. The zero-order valence-corrected chi connectivity index (χ0v) is 12.3. The molecule has 0 atom stereocenters. The van der Waals surface area contributed by atoms with Crippen LogP contribution in [0.15, 0.2) is 34.9 Å². The summed E-state index contributed by atoms with van der Waals surface area (Å²) in [7, 11) is 0. The summed E-state index contributed by atoms with van der Waals surface area (Å²) in [5.41, 5.74) is 1.24. The highest BCUT2D eigenvalue weighted by Crippen LogP contribution is 2.25. The average molecular weight is 325 g/mol. The molecular formula is C14H17BrN2O2. The molecule has 3 N–H and O–H groups in total. The second-order valence-electron chi connectivity index (χ2n) is 5.01. The molecule has 0 fully saturated rings. The Morgan fingerprint density at radius 2 is 2.05 bits per heavy atom. The van der Waals surface area contributed by atoms with Gasteiger partial charge in [0.15, 0.2) is 0 Å². The molecule has 1 heterocycles. The Labute approximate surface area is 120 Å². The summed E-state index contributed by atoms with van der Waals surface area (Å²) < 4.78 is 0.938. The highest BCUT2D eigenvalue weighted by atomic mass is 79.9. The number of aromatic nitrogens is 1. The van der Waals surface area contributed by atoms with E-state index in [9.17, 15) is 10.2 Å². The van der Waals surface area contributed by atoms with Crippen LogP contribution in [0.25, 0.3) is 10.9 Å². The lowest BCUT2D eigenvalue weighted by Crippen LogP contribution is -2.34. The van der Waals surface area contributed by atoms with Crippen LogP contribution in [0.5, 0.6) is 0 Å². The van der Waals surface area contributed by atoms with Crippen molar-refractivity contribution in [1.29, 1.82) is 0 Å². The van der Waals surface area contributed by atoms with Crippen LogP contribution in [0.2, 0.25) is 0 Å². The van der Waals surface area contributed by atoms with Crippen molar-refractivity contribution in [3.05, 3.63) is 34.9 Å². The quantitative estimate of drug-likeness (QED) is 0.790. The maximum absolute atomic E-state index is 9.29. The predicted octanol–water partition coefficient (Wildman–Crippen LogP) is 2.40. The van der Waals surface area contributed by atoms with Gasteiger partial charge in [-0.1, -0.05) is 19.1 Å². The SMILES string of the molecule is CC(CO)(CO)CNc1cccc2cc(Br)cnc12. The second kappa shape index (κ2) is 5.86. The van der Waals surface area contributed by atoms with E-state index in [1.807, 2.05) is 31.2 Å². The number of rotatable bonds is 5. The predicted molar refractivity (Wildman–Crippen MR) is 80.2 cm³/mol. The zero-order chi connectivity index (χ0) is 13.9. The summed E-state index contributed by atoms with van der Waals surface area (Å²) in [6, 6.07) is 7.90. The van der Waals surface area contributed by atoms with Gasteiger partial charge >= 0.3 is 0 Å². The Balaban J connectivity index is 2.26. The van der Waals surface area contributed by atoms with Gasteiger partial charge in [0.1, 0.15) is 0 Å². The van der Waals surface area contributed by atoms with E-state index in [1.54, 1.807) is 6.20 Å². The van der Waals surface area contributed by atoms with Crippen LogP contribution < -0.4 is 5.32 Å². The minimum atomic E-state index is -0.544. The number of hydrogen-bond acceptors (Lipinski definition) is 4. The fourth-order valence-corrected chi connectivity index (χ4v) is 2.10. The third kappa shape index (κ3) is 3.23. The molecule has 0 amide bonds. The molecule has 0 saturated heterocycles. The van der Waals surface area contributed by atoms with Crippen molar-refractivity contribution in [2.75, 3.05) is 25.1 Å². The molecule has 102 valence electrons. The Hall–Kier alpha value is -1.17. The summed E-state index contributed by atoms with van der Waals surface area (Å²) in [6.07, 6.45) is 1.75. The summed E-state index contributed by atoms with van der Waals surface area (Å²) >= 11 is 3.40. The van der Waals surface area contributed by atoms with E-state index in [0.717, 1.165) is 21.1 Å². The molecule has 5 heteroatoms. The van der Waals surface area contributed by atoms with E-state index in [4.69, 9.17) is 0 Å². The monoisotopic (exact) mass is 324 g/mol. The van der Waals surface area contributed by atoms with Crippen LogP contribution in [0.3, 0.4) is 0 Å². The number of aliphatic hydroxyl groups excluding tert-OH is 2. The minimum absolute atomic E-state index is 0.0692. The Bertz CT molecular complexity index is 570. The van der Waals surface area contributed by atoms with Crippen molar-refractivity contribution in [2.24, 2.45) is 5.41 Å². The number of pyridine rings is 1. The summed E-state index contributed by atoms with van der Waals surface area (Å²) in [4.78, 5) is 4.40. The number of benzene rings is 1. The second-order valence-corrected chi connectivity index (χ2v) is 5.93. The van der Waals surface area contributed by atoms with Crippen molar-refractivity contribution >= 4 is 32.5 Å². The van der Waals surface area contributed by atoms with Crippen LogP contribution in [0.1, 0.15) is 6.92 Å². The van der Waals surface area contributed by atoms with E-state index in [-0.39, 0.29) is 13.2 Å². The fourth-order valence-electron chi connectivity index (χ4n) is 1.75. The number of hydrogen-bond donors (Lipinski definition) is 3. The Morgan fingerprint density at radius 1 is 1.32 bits per heavy atom. The highest BCUT2D eigenvalue weighted by molar-refractivity contribution is 9.10. The molecule has 0 radical (unpaired) electrons. The summed E-state index contributed by atoms with van der Waals surface area (Å²) in [5.74, 6) is 0. The van der Waals surface area contributed by atoms with Crippen molar-refractivity contribution in [3.63, 3.8) is 0 Å². The number of fused-ring (bicyclic) bond motifs is 1. The molecule has 4 nitrogen and oxygen atoms in total. The first-order chi connectivity index (χ1) is 9.08. The number of para-hydroxylation sites is 1. The van der Waals surface area contributed by atoms with Crippen LogP contribution >= 0.6 is 15.9 Å². The van der Waals surface area contributed by atoms with Gasteiger partial charge in [0.2, 0.25) is 0 Å². The van der Waals surface area contributed by atoms with Gasteiger partial charge in [-0.25, -0.2) is 0 Å².